The maximum atomic E-state index is 12.2. The summed E-state index contributed by atoms with van der Waals surface area (Å²) in [7, 11) is 1.00. The SMILES string of the molecule is C.CC1N2C(=O)C(NC(=O)COc3ccccc3)C2SC1(C)C.CO. The van der Waals surface area contributed by atoms with Crippen molar-refractivity contribution in [3.63, 3.8) is 0 Å². The van der Waals surface area contributed by atoms with Crippen LogP contribution in [0.1, 0.15) is 28.2 Å². The maximum absolute atomic E-state index is 12.2. The number of nitrogens with one attached hydrogen (secondary N) is 1. The molecule has 1 aromatic rings. The number of hydrogen-bond donors (Lipinski definition) is 2. The number of para-hydroxylation sites is 1. The van der Waals surface area contributed by atoms with E-state index in [2.05, 4.69) is 26.1 Å². The summed E-state index contributed by atoms with van der Waals surface area (Å²) in [4.78, 5) is 26.1. The number of carbonyl (C=O) groups excluding carboxylic acids is 2. The number of fused-ring (bicyclic) bond motifs is 1. The lowest BCUT2D eigenvalue weighted by Gasteiger charge is -2.44. The second kappa shape index (κ2) is 8.58. The number of carbonyl (C=O) groups is 2. The average molecular weight is 368 g/mol. The van der Waals surface area contributed by atoms with Gasteiger partial charge in [-0.1, -0.05) is 25.6 Å². The Hall–Kier alpha value is -1.73. The number of benzene rings is 1. The topological polar surface area (TPSA) is 78.9 Å². The van der Waals surface area contributed by atoms with Crippen LogP contribution in [0.5, 0.6) is 5.75 Å². The van der Waals surface area contributed by atoms with Crippen LogP contribution in [0.15, 0.2) is 30.3 Å². The highest BCUT2D eigenvalue weighted by Gasteiger charge is 2.60. The van der Waals surface area contributed by atoms with E-state index < -0.39 is 6.04 Å². The molecule has 2 aliphatic heterocycles. The zero-order chi connectivity index (χ0) is 17.9. The highest BCUT2D eigenvalue weighted by molar-refractivity contribution is 8.01. The summed E-state index contributed by atoms with van der Waals surface area (Å²) in [6.45, 7) is 6.24. The first-order valence-electron chi connectivity index (χ1n) is 7.82. The minimum absolute atomic E-state index is 0. The highest BCUT2D eigenvalue weighted by Crippen LogP contribution is 2.50. The number of rotatable bonds is 4. The maximum Gasteiger partial charge on any atom is 0.258 e. The van der Waals surface area contributed by atoms with E-state index in [0.29, 0.717) is 5.75 Å². The Labute approximate surface area is 153 Å². The molecule has 0 bridgehead atoms. The van der Waals surface area contributed by atoms with E-state index in [4.69, 9.17) is 9.84 Å². The van der Waals surface area contributed by atoms with Gasteiger partial charge in [-0.2, -0.15) is 0 Å². The molecule has 0 radical (unpaired) electrons. The number of hydrogen-bond acceptors (Lipinski definition) is 5. The monoisotopic (exact) mass is 368 g/mol. The van der Waals surface area contributed by atoms with Gasteiger partial charge in [-0.05, 0) is 32.9 Å². The Balaban J connectivity index is 0.00000101. The molecule has 25 heavy (non-hydrogen) atoms. The Morgan fingerprint density at radius 2 is 1.92 bits per heavy atom. The third-order valence-electron chi connectivity index (χ3n) is 4.36. The molecule has 140 valence electrons. The van der Waals surface area contributed by atoms with Crippen LogP contribution in [-0.2, 0) is 9.59 Å². The quantitative estimate of drug-likeness (QED) is 0.794. The average Bonchev–Trinajstić information content (AvgIpc) is 2.80. The number of aliphatic hydroxyl groups is 1. The van der Waals surface area contributed by atoms with Crippen LogP contribution >= 0.6 is 11.8 Å². The second-order valence-corrected chi connectivity index (χ2v) is 7.95. The van der Waals surface area contributed by atoms with Gasteiger partial charge in [-0.3, -0.25) is 9.59 Å². The summed E-state index contributed by atoms with van der Waals surface area (Å²) < 4.78 is 5.42. The van der Waals surface area contributed by atoms with Crippen molar-refractivity contribution in [3.05, 3.63) is 30.3 Å². The van der Waals surface area contributed by atoms with E-state index >= 15 is 0 Å². The van der Waals surface area contributed by atoms with Gasteiger partial charge in [-0.15, -0.1) is 11.8 Å². The Morgan fingerprint density at radius 1 is 1.32 bits per heavy atom. The smallest absolute Gasteiger partial charge is 0.258 e. The Kier molecular flexibility index (Phi) is 7.31. The summed E-state index contributed by atoms with van der Waals surface area (Å²) in [5.74, 6) is 0.382. The number of aliphatic hydroxyl groups excluding tert-OH is 1. The molecule has 0 spiro atoms. The van der Waals surface area contributed by atoms with Gasteiger partial charge in [0.05, 0.1) is 0 Å². The molecular weight excluding hydrogens is 340 g/mol. The molecule has 0 aromatic heterocycles. The fourth-order valence-corrected chi connectivity index (χ4v) is 4.43. The van der Waals surface area contributed by atoms with Gasteiger partial charge < -0.3 is 20.1 Å². The number of amides is 2. The summed E-state index contributed by atoms with van der Waals surface area (Å²) in [5.41, 5.74) is 0. The lowest BCUT2D eigenvalue weighted by Crippen LogP contribution is -2.69. The van der Waals surface area contributed by atoms with Crippen LogP contribution in [-0.4, -0.2) is 57.7 Å². The summed E-state index contributed by atoms with van der Waals surface area (Å²) in [6.07, 6.45) is 0. The fourth-order valence-electron chi connectivity index (χ4n) is 2.78. The lowest BCUT2D eigenvalue weighted by atomic mass is 9.97. The molecule has 2 heterocycles. The van der Waals surface area contributed by atoms with E-state index in [1.165, 1.54) is 0 Å². The molecule has 0 aliphatic carbocycles. The van der Waals surface area contributed by atoms with Crippen molar-refractivity contribution in [2.45, 2.75) is 50.4 Å². The van der Waals surface area contributed by atoms with Crippen LogP contribution in [0.2, 0.25) is 0 Å². The van der Waals surface area contributed by atoms with Crippen LogP contribution in [0.25, 0.3) is 0 Å². The van der Waals surface area contributed by atoms with E-state index in [1.807, 2.05) is 23.1 Å². The molecule has 2 fully saturated rings. The van der Waals surface area contributed by atoms with Gasteiger partial charge in [0, 0.05) is 17.9 Å². The summed E-state index contributed by atoms with van der Waals surface area (Å²) in [5, 5.41) is 9.83. The predicted octanol–water partition coefficient (Wildman–Crippen LogP) is 1.88. The van der Waals surface area contributed by atoms with Crippen molar-refractivity contribution in [1.29, 1.82) is 0 Å². The first kappa shape index (κ1) is 21.3. The van der Waals surface area contributed by atoms with Gasteiger partial charge in [0.2, 0.25) is 5.91 Å². The summed E-state index contributed by atoms with van der Waals surface area (Å²) >= 11 is 1.74. The van der Waals surface area contributed by atoms with Crippen molar-refractivity contribution in [1.82, 2.24) is 10.2 Å². The molecule has 3 rings (SSSR count). The van der Waals surface area contributed by atoms with E-state index in [-0.39, 0.29) is 42.0 Å². The third-order valence-corrected chi connectivity index (χ3v) is 6.05. The van der Waals surface area contributed by atoms with E-state index in [9.17, 15) is 9.59 Å². The Morgan fingerprint density at radius 3 is 2.52 bits per heavy atom. The third kappa shape index (κ3) is 4.27. The number of nitrogens with zero attached hydrogens (tertiary/aromatic N) is 1. The highest BCUT2D eigenvalue weighted by atomic mass is 32.2. The lowest BCUT2D eigenvalue weighted by molar-refractivity contribution is -0.151. The van der Waals surface area contributed by atoms with Crippen molar-refractivity contribution in [3.8, 4) is 5.75 Å². The molecule has 6 nitrogen and oxygen atoms in total. The van der Waals surface area contributed by atoms with Crippen molar-refractivity contribution in [2.24, 2.45) is 0 Å². The van der Waals surface area contributed by atoms with Gasteiger partial charge >= 0.3 is 0 Å². The molecule has 2 amide bonds. The number of ether oxygens (including phenoxy) is 1. The molecule has 7 heteroatoms. The summed E-state index contributed by atoms with van der Waals surface area (Å²) in [6, 6.07) is 8.92. The molecule has 2 N–H and O–H groups in total. The zero-order valence-electron chi connectivity index (χ0n) is 14.4. The largest absolute Gasteiger partial charge is 0.484 e. The van der Waals surface area contributed by atoms with Gasteiger partial charge in [0.15, 0.2) is 6.61 Å². The zero-order valence-corrected chi connectivity index (χ0v) is 15.2. The first-order valence-corrected chi connectivity index (χ1v) is 8.70. The van der Waals surface area contributed by atoms with Crippen LogP contribution < -0.4 is 10.1 Å². The van der Waals surface area contributed by atoms with Crippen molar-refractivity contribution >= 4 is 23.6 Å². The Bertz CT molecular complexity index is 594. The first-order chi connectivity index (χ1) is 11.4. The van der Waals surface area contributed by atoms with Crippen molar-refractivity contribution in [2.75, 3.05) is 13.7 Å². The molecule has 1 aromatic carbocycles. The molecule has 2 saturated heterocycles. The minimum atomic E-state index is -0.430. The number of thioether (sulfide) groups is 1. The molecule has 3 atom stereocenters. The molecule has 2 aliphatic rings. The predicted molar refractivity (Wildman–Crippen MR) is 101 cm³/mol. The normalized spacial score (nSPS) is 25.6. The van der Waals surface area contributed by atoms with Crippen LogP contribution in [0.4, 0.5) is 0 Å². The van der Waals surface area contributed by atoms with E-state index in [0.717, 1.165) is 7.11 Å². The van der Waals surface area contributed by atoms with Crippen LogP contribution in [0, 0.1) is 0 Å². The van der Waals surface area contributed by atoms with E-state index in [1.54, 1.807) is 23.9 Å². The minimum Gasteiger partial charge on any atom is -0.484 e. The van der Waals surface area contributed by atoms with Crippen LogP contribution in [0.3, 0.4) is 0 Å². The molecule has 0 saturated carbocycles. The number of β-lactam (4-membered cyclic amide) rings is 1. The van der Waals surface area contributed by atoms with Gasteiger partial charge in [-0.25, -0.2) is 0 Å². The van der Waals surface area contributed by atoms with Gasteiger partial charge in [0.25, 0.3) is 5.91 Å². The molecule has 3 unspecified atom stereocenters. The second-order valence-electron chi connectivity index (χ2n) is 6.18. The molecular formula is C18H28N2O4S. The van der Waals surface area contributed by atoms with Crippen molar-refractivity contribution < 1.29 is 19.4 Å². The fraction of sp³-hybridized carbons (Fsp3) is 0.556. The van der Waals surface area contributed by atoms with Gasteiger partial charge in [0.1, 0.15) is 17.2 Å². The standard InChI is InChI=1S/C16H20N2O3S.CH4O.CH4/c1-10-16(2,3)22-15-13(14(20)18(10)15)17-12(19)9-21-11-7-5-4-6-8-11;1-2;/h4-8,10,13,15H,9H2,1-3H3,(H,17,19);2H,1H3;1H4.